The van der Waals surface area contributed by atoms with Gasteiger partial charge >= 0.3 is 0 Å². The fourth-order valence-electron chi connectivity index (χ4n) is 2.00. The molecule has 4 nitrogen and oxygen atoms in total. The highest BCUT2D eigenvalue weighted by Crippen LogP contribution is 2.18. The molecule has 0 aliphatic carbocycles. The topological polar surface area (TPSA) is 66.4 Å². The molecular formula is C14H23NO3S. The third-order valence-corrected chi connectivity index (χ3v) is 4.49. The molecule has 0 aromatic heterocycles. The Bertz CT molecular complexity index is 497. The summed E-state index contributed by atoms with van der Waals surface area (Å²) in [7, 11) is -3.51. The lowest BCUT2D eigenvalue weighted by Crippen LogP contribution is -2.31. The number of hydrogen-bond donors (Lipinski definition) is 2. The molecule has 5 heteroatoms. The van der Waals surface area contributed by atoms with Gasteiger partial charge in [0.25, 0.3) is 0 Å². The number of sulfonamides is 1. The Kier molecular flexibility index (Phi) is 5.97. The van der Waals surface area contributed by atoms with E-state index in [0.29, 0.717) is 18.4 Å². The van der Waals surface area contributed by atoms with E-state index in [1.54, 1.807) is 38.1 Å². The molecule has 0 aliphatic heterocycles. The fourth-order valence-corrected chi connectivity index (χ4v) is 3.50. The number of benzene rings is 1. The van der Waals surface area contributed by atoms with Gasteiger partial charge in [-0.2, -0.15) is 0 Å². The van der Waals surface area contributed by atoms with E-state index in [0.717, 1.165) is 6.42 Å². The standard InChI is InChI=1S/C14H23NO3S/c1-4-7-13(16)10-12-8-5-6-9-14(12)19(17,18)15-11(2)3/h5-6,8-9,11,13,15-16H,4,7,10H2,1-3H3. The van der Waals surface area contributed by atoms with E-state index < -0.39 is 16.1 Å². The Morgan fingerprint density at radius 3 is 2.47 bits per heavy atom. The van der Waals surface area contributed by atoms with Crippen LogP contribution in [0.1, 0.15) is 39.2 Å². The minimum atomic E-state index is -3.51. The quantitative estimate of drug-likeness (QED) is 0.806. The predicted molar refractivity (Wildman–Crippen MR) is 76.5 cm³/mol. The molecule has 2 N–H and O–H groups in total. The maximum atomic E-state index is 12.2. The van der Waals surface area contributed by atoms with Gasteiger partial charge in [-0.15, -0.1) is 0 Å². The van der Waals surface area contributed by atoms with Crippen molar-refractivity contribution in [2.45, 2.75) is 57.1 Å². The average Bonchev–Trinajstić information content (AvgIpc) is 2.28. The third kappa shape index (κ3) is 4.93. The molecule has 0 saturated carbocycles. The number of aliphatic hydroxyl groups excluding tert-OH is 1. The van der Waals surface area contributed by atoms with E-state index >= 15 is 0 Å². The van der Waals surface area contributed by atoms with Crippen LogP contribution in [-0.4, -0.2) is 25.7 Å². The fraction of sp³-hybridized carbons (Fsp3) is 0.571. The van der Waals surface area contributed by atoms with Crippen molar-refractivity contribution in [1.82, 2.24) is 4.72 Å². The van der Waals surface area contributed by atoms with Gasteiger partial charge in [-0.25, -0.2) is 13.1 Å². The molecule has 108 valence electrons. The number of rotatable bonds is 7. The summed E-state index contributed by atoms with van der Waals surface area (Å²) in [5.74, 6) is 0. The highest BCUT2D eigenvalue weighted by atomic mass is 32.2. The lowest BCUT2D eigenvalue weighted by molar-refractivity contribution is 0.163. The Hall–Kier alpha value is -0.910. The Morgan fingerprint density at radius 2 is 1.89 bits per heavy atom. The third-order valence-electron chi connectivity index (χ3n) is 2.73. The molecular weight excluding hydrogens is 262 g/mol. The first kappa shape index (κ1) is 16.1. The van der Waals surface area contributed by atoms with E-state index in [4.69, 9.17) is 0 Å². The van der Waals surface area contributed by atoms with Crippen LogP contribution < -0.4 is 4.72 Å². The second kappa shape index (κ2) is 7.03. The zero-order valence-electron chi connectivity index (χ0n) is 11.8. The molecule has 0 spiro atoms. The van der Waals surface area contributed by atoms with Gasteiger partial charge in [-0.1, -0.05) is 31.5 Å². The normalized spacial score (nSPS) is 13.7. The maximum Gasteiger partial charge on any atom is 0.241 e. The molecule has 0 radical (unpaired) electrons. The van der Waals surface area contributed by atoms with Crippen molar-refractivity contribution in [2.75, 3.05) is 0 Å². The number of aliphatic hydroxyl groups is 1. The van der Waals surface area contributed by atoms with Crippen LogP contribution in [0.15, 0.2) is 29.2 Å². The summed E-state index contributed by atoms with van der Waals surface area (Å²) in [6.45, 7) is 5.56. The molecule has 0 fully saturated rings. The van der Waals surface area contributed by atoms with Gasteiger partial charge in [0.2, 0.25) is 10.0 Å². The van der Waals surface area contributed by atoms with E-state index in [2.05, 4.69) is 4.72 Å². The highest BCUT2D eigenvalue weighted by molar-refractivity contribution is 7.89. The molecule has 0 amide bonds. The van der Waals surface area contributed by atoms with Gasteiger partial charge in [-0.05, 0) is 38.3 Å². The Balaban J connectivity index is 3.02. The predicted octanol–water partition coefficient (Wildman–Crippen LogP) is 2.08. The number of nitrogens with one attached hydrogen (secondary N) is 1. The van der Waals surface area contributed by atoms with Crippen LogP contribution in [0.2, 0.25) is 0 Å². The number of hydrogen-bond acceptors (Lipinski definition) is 3. The maximum absolute atomic E-state index is 12.2. The van der Waals surface area contributed by atoms with Crippen molar-refractivity contribution in [1.29, 1.82) is 0 Å². The minimum absolute atomic E-state index is 0.154. The zero-order valence-corrected chi connectivity index (χ0v) is 12.6. The summed E-state index contributed by atoms with van der Waals surface area (Å²) in [4.78, 5) is 0.263. The molecule has 0 saturated heterocycles. The van der Waals surface area contributed by atoms with E-state index in [-0.39, 0.29) is 10.9 Å². The lowest BCUT2D eigenvalue weighted by atomic mass is 10.0. The van der Waals surface area contributed by atoms with Crippen molar-refractivity contribution < 1.29 is 13.5 Å². The van der Waals surface area contributed by atoms with Crippen molar-refractivity contribution >= 4 is 10.0 Å². The first-order chi connectivity index (χ1) is 8.86. The molecule has 1 aromatic carbocycles. The van der Waals surface area contributed by atoms with E-state index in [1.807, 2.05) is 6.92 Å². The molecule has 0 heterocycles. The van der Waals surface area contributed by atoms with Crippen LogP contribution >= 0.6 is 0 Å². The van der Waals surface area contributed by atoms with E-state index in [1.165, 1.54) is 0 Å². The second-order valence-electron chi connectivity index (χ2n) is 5.03. The first-order valence-corrected chi connectivity index (χ1v) is 8.13. The molecule has 1 atom stereocenters. The van der Waals surface area contributed by atoms with Crippen LogP contribution in [0.3, 0.4) is 0 Å². The minimum Gasteiger partial charge on any atom is -0.393 e. The summed E-state index contributed by atoms with van der Waals surface area (Å²) in [5.41, 5.74) is 0.664. The molecule has 0 bridgehead atoms. The van der Waals surface area contributed by atoms with Gasteiger partial charge < -0.3 is 5.11 Å². The smallest absolute Gasteiger partial charge is 0.241 e. The van der Waals surface area contributed by atoms with Gasteiger partial charge in [-0.3, -0.25) is 0 Å². The molecule has 0 aliphatic rings. The van der Waals surface area contributed by atoms with Gasteiger partial charge in [0.15, 0.2) is 0 Å². The SMILES string of the molecule is CCCC(O)Cc1ccccc1S(=O)(=O)NC(C)C. The molecule has 1 aromatic rings. The molecule has 1 unspecified atom stereocenters. The van der Waals surface area contributed by atoms with Crippen LogP contribution in [0.5, 0.6) is 0 Å². The molecule has 19 heavy (non-hydrogen) atoms. The summed E-state index contributed by atoms with van der Waals surface area (Å²) in [5, 5.41) is 9.86. The van der Waals surface area contributed by atoms with Crippen molar-refractivity contribution in [3.63, 3.8) is 0 Å². The Labute approximate surface area is 115 Å². The Morgan fingerprint density at radius 1 is 1.26 bits per heavy atom. The summed E-state index contributed by atoms with van der Waals surface area (Å²) < 4.78 is 27.0. The monoisotopic (exact) mass is 285 g/mol. The van der Waals surface area contributed by atoms with Crippen LogP contribution in [0.4, 0.5) is 0 Å². The lowest BCUT2D eigenvalue weighted by Gasteiger charge is -2.15. The van der Waals surface area contributed by atoms with E-state index in [9.17, 15) is 13.5 Å². The highest BCUT2D eigenvalue weighted by Gasteiger charge is 2.20. The van der Waals surface area contributed by atoms with Crippen LogP contribution in [0.25, 0.3) is 0 Å². The molecule has 1 rings (SSSR count). The summed E-state index contributed by atoms with van der Waals surface area (Å²) >= 11 is 0. The van der Waals surface area contributed by atoms with Gasteiger partial charge in [0.05, 0.1) is 11.0 Å². The van der Waals surface area contributed by atoms with Crippen molar-refractivity contribution in [3.8, 4) is 0 Å². The first-order valence-electron chi connectivity index (χ1n) is 6.65. The largest absolute Gasteiger partial charge is 0.393 e. The van der Waals surface area contributed by atoms with Crippen molar-refractivity contribution in [3.05, 3.63) is 29.8 Å². The zero-order chi connectivity index (χ0) is 14.5. The average molecular weight is 285 g/mol. The summed E-state index contributed by atoms with van der Waals surface area (Å²) in [6.07, 6.45) is 1.41. The van der Waals surface area contributed by atoms with Gasteiger partial charge in [0.1, 0.15) is 0 Å². The second-order valence-corrected chi connectivity index (χ2v) is 6.71. The van der Waals surface area contributed by atoms with Crippen LogP contribution in [0, 0.1) is 0 Å². The van der Waals surface area contributed by atoms with Crippen LogP contribution in [-0.2, 0) is 16.4 Å². The van der Waals surface area contributed by atoms with Crippen molar-refractivity contribution in [2.24, 2.45) is 0 Å². The summed E-state index contributed by atoms with van der Waals surface area (Å²) in [6, 6.07) is 6.68. The van der Waals surface area contributed by atoms with Gasteiger partial charge in [0, 0.05) is 6.04 Å².